The first-order chi connectivity index (χ1) is 13.3. The molecule has 0 aliphatic carbocycles. The number of alkyl carbamates (subject to hydrolysis) is 1. The number of halogens is 1. The van der Waals surface area contributed by atoms with E-state index < -0.39 is 38.5 Å². The van der Waals surface area contributed by atoms with Crippen LogP contribution in [0, 0.1) is 0 Å². The molecule has 1 fully saturated rings. The second kappa shape index (κ2) is 7.11. The fraction of sp³-hybridized carbons (Fsp3) is 0.562. The Kier molecular flexibility index (Phi) is 5.35. The van der Waals surface area contributed by atoms with E-state index in [1.807, 2.05) is 0 Å². The maximum absolute atomic E-state index is 13.1. The van der Waals surface area contributed by atoms with Gasteiger partial charge in [-0.15, -0.1) is 11.3 Å². The van der Waals surface area contributed by atoms with Gasteiger partial charge in [0.15, 0.2) is 0 Å². The molecule has 0 saturated carbocycles. The standard InChI is InChI=1S/C16H20ClN3O7S2/c1-15(2,3)27-14(23)18-13-19-16(11-8(17)5-9(28-11)12(21)22)7-26-6-10(16)29(24,25)20(13)4/h5,10H,6-7H2,1-4H3,(H,21,22)(H,18,19,23). The molecule has 29 heavy (non-hydrogen) atoms. The van der Waals surface area contributed by atoms with Gasteiger partial charge >= 0.3 is 12.1 Å². The van der Waals surface area contributed by atoms with Crippen LogP contribution in [0.5, 0.6) is 0 Å². The number of nitrogens with zero attached hydrogens (tertiary/aromatic N) is 2. The number of carbonyl (C=O) groups excluding carboxylic acids is 1. The highest BCUT2D eigenvalue weighted by atomic mass is 35.5. The molecule has 1 aromatic heterocycles. The van der Waals surface area contributed by atoms with Gasteiger partial charge in [0.1, 0.15) is 21.3 Å². The molecule has 0 aromatic carbocycles. The van der Waals surface area contributed by atoms with Gasteiger partial charge in [0.05, 0.1) is 23.1 Å². The predicted octanol–water partition coefficient (Wildman–Crippen LogP) is 1.85. The highest BCUT2D eigenvalue weighted by Crippen LogP contribution is 2.48. The van der Waals surface area contributed by atoms with E-state index in [0.29, 0.717) is 0 Å². The first-order valence-corrected chi connectivity index (χ1v) is 11.2. The molecule has 0 radical (unpaired) electrons. The molecule has 160 valence electrons. The summed E-state index contributed by atoms with van der Waals surface area (Å²) in [5, 5.41) is 10.6. The SMILES string of the molecule is CN1C(NC(=O)OC(C)(C)C)=NC2(c3sc(C(=O)O)cc3Cl)COCC2S1(=O)=O. The summed E-state index contributed by atoms with van der Waals surface area (Å²) in [5.41, 5.74) is -2.29. The smallest absolute Gasteiger partial charge is 0.414 e. The number of amides is 1. The Morgan fingerprint density at radius 3 is 2.69 bits per heavy atom. The van der Waals surface area contributed by atoms with Crippen molar-refractivity contribution in [3.8, 4) is 0 Å². The number of ether oxygens (including phenoxy) is 2. The Morgan fingerprint density at radius 1 is 1.48 bits per heavy atom. The number of rotatable bonds is 2. The zero-order valence-corrected chi connectivity index (χ0v) is 18.4. The second-order valence-corrected chi connectivity index (χ2v) is 11.2. The van der Waals surface area contributed by atoms with Gasteiger partial charge in [-0.05, 0) is 26.8 Å². The molecule has 0 bridgehead atoms. The topological polar surface area (TPSA) is 135 Å². The molecule has 1 aromatic rings. The van der Waals surface area contributed by atoms with Crippen molar-refractivity contribution < 1.29 is 32.6 Å². The quantitative estimate of drug-likeness (QED) is 0.680. The van der Waals surface area contributed by atoms with E-state index >= 15 is 0 Å². The van der Waals surface area contributed by atoms with Crippen LogP contribution in [0.2, 0.25) is 5.02 Å². The predicted molar refractivity (Wildman–Crippen MR) is 106 cm³/mol. The van der Waals surface area contributed by atoms with Crippen molar-refractivity contribution in [2.75, 3.05) is 20.3 Å². The van der Waals surface area contributed by atoms with Crippen LogP contribution in [-0.4, -0.2) is 67.0 Å². The summed E-state index contributed by atoms with van der Waals surface area (Å²) in [6, 6.07) is 1.25. The highest BCUT2D eigenvalue weighted by Gasteiger charge is 2.59. The summed E-state index contributed by atoms with van der Waals surface area (Å²) in [5.74, 6) is -1.45. The van der Waals surface area contributed by atoms with Gasteiger partial charge in [-0.1, -0.05) is 11.6 Å². The Hall–Kier alpha value is -1.89. The Balaban J connectivity index is 2.12. The summed E-state index contributed by atoms with van der Waals surface area (Å²) in [4.78, 5) is 28.2. The number of aliphatic imine (C=N–C) groups is 1. The van der Waals surface area contributed by atoms with Crippen molar-refractivity contribution in [1.29, 1.82) is 0 Å². The third-order valence-electron chi connectivity index (χ3n) is 4.37. The number of sulfonamides is 1. The van der Waals surface area contributed by atoms with Crippen molar-refractivity contribution in [3.05, 3.63) is 20.8 Å². The maximum Gasteiger partial charge on any atom is 0.414 e. The number of carboxylic acids is 1. The Bertz CT molecular complexity index is 999. The van der Waals surface area contributed by atoms with Crippen molar-refractivity contribution in [1.82, 2.24) is 9.62 Å². The van der Waals surface area contributed by atoms with Gasteiger partial charge in [-0.2, -0.15) is 0 Å². The molecular formula is C16H20ClN3O7S2. The van der Waals surface area contributed by atoms with Crippen molar-refractivity contribution in [2.24, 2.45) is 4.99 Å². The van der Waals surface area contributed by atoms with E-state index in [0.717, 1.165) is 15.6 Å². The van der Waals surface area contributed by atoms with Crippen molar-refractivity contribution in [2.45, 2.75) is 37.2 Å². The van der Waals surface area contributed by atoms with Crippen molar-refractivity contribution in [3.63, 3.8) is 0 Å². The third kappa shape index (κ3) is 3.81. The molecule has 10 nitrogen and oxygen atoms in total. The summed E-state index contributed by atoms with van der Waals surface area (Å²) >= 11 is 7.08. The van der Waals surface area contributed by atoms with Gasteiger partial charge in [-0.25, -0.2) is 27.3 Å². The first kappa shape index (κ1) is 21.8. The molecule has 13 heteroatoms. The van der Waals surface area contributed by atoms with Gasteiger partial charge < -0.3 is 14.6 Å². The largest absolute Gasteiger partial charge is 0.477 e. The molecule has 0 spiro atoms. The fourth-order valence-electron chi connectivity index (χ4n) is 3.09. The average molecular weight is 466 g/mol. The van der Waals surface area contributed by atoms with E-state index in [2.05, 4.69) is 10.3 Å². The number of hydrogen-bond donors (Lipinski definition) is 2. The molecule has 3 heterocycles. The lowest BCUT2D eigenvalue weighted by molar-refractivity contribution is 0.0557. The van der Waals surface area contributed by atoms with E-state index in [1.165, 1.54) is 13.1 Å². The average Bonchev–Trinajstić information content (AvgIpc) is 3.16. The lowest BCUT2D eigenvalue weighted by Gasteiger charge is -2.38. The van der Waals surface area contributed by atoms with Crippen LogP contribution in [0.15, 0.2) is 11.1 Å². The summed E-state index contributed by atoms with van der Waals surface area (Å²) in [6.45, 7) is 4.71. The maximum atomic E-state index is 13.1. The zero-order chi connectivity index (χ0) is 21.8. The minimum atomic E-state index is -4.00. The molecule has 3 rings (SSSR count). The number of thiophene rings is 1. The summed E-state index contributed by atoms with van der Waals surface area (Å²) in [6.07, 6.45) is -0.880. The monoisotopic (exact) mass is 465 g/mol. The number of fused-ring (bicyclic) bond motifs is 1. The zero-order valence-electron chi connectivity index (χ0n) is 16.1. The fourth-order valence-corrected chi connectivity index (χ4v) is 6.39. The molecule has 1 saturated heterocycles. The summed E-state index contributed by atoms with van der Waals surface area (Å²) in [7, 11) is -2.75. The normalized spacial score (nSPS) is 25.9. The number of guanidine groups is 1. The van der Waals surface area contributed by atoms with E-state index in [9.17, 15) is 23.1 Å². The lowest BCUT2D eigenvalue weighted by Crippen LogP contribution is -2.58. The van der Waals surface area contributed by atoms with Crippen LogP contribution < -0.4 is 5.32 Å². The number of aromatic carboxylic acids is 1. The molecule has 2 unspecified atom stereocenters. The Labute approximate surface area is 176 Å². The molecule has 2 aliphatic heterocycles. The van der Waals surface area contributed by atoms with Crippen LogP contribution in [0.4, 0.5) is 4.79 Å². The molecule has 2 N–H and O–H groups in total. The molecule has 1 amide bonds. The molecule has 2 aliphatic rings. The van der Waals surface area contributed by atoms with Crippen LogP contribution in [0.25, 0.3) is 0 Å². The third-order valence-corrected chi connectivity index (χ3v) is 8.25. The van der Waals surface area contributed by atoms with Crippen LogP contribution >= 0.6 is 22.9 Å². The molecule has 2 atom stereocenters. The van der Waals surface area contributed by atoms with Crippen molar-refractivity contribution >= 4 is 51.0 Å². The second-order valence-electron chi connectivity index (χ2n) is 7.60. The minimum absolute atomic E-state index is 0.0572. The number of hydrogen-bond acceptors (Lipinski definition) is 8. The van der Waals surface area contributed by atoms with Crippen LogP contribution in [0.1, 0.15) is 35.3 Å². The van der Waals surface area contributed by atoms with E-state index in [1.54, 1.807) is 20.8 Å². The van der Waals surface area contributed by atoms with Gasteiger partial charge in [0.25, 0.3) is 0 Å². The van der Waals surface area contributed by atoms with Gasteiger partial charge in [0, 0.05) is 7.05 Å². The van der Waals surface area contributed by atoms with Gasteiger partial charge in [0.2, 0.25) is 16.0 Å². The summed E-state index contributed by atoms with van der Waals surface area (Å²) < 4.78 is 37.7. The molecular weight excluding hydrogens is 446 g/mol. The Morgan fingerprint density at radius 2 is 2.14 bits per heavy atom. The number of carboxylic acid groups (broad SMARTS) is 1. The van der Waals surface area contributed by atoms with E-state index in [-0.39, 0.29) is 34.0 Å². The number of carbonyl (C=O) groups is 2. The highest BCUT2D eigenvalue weighted by molar-refractivity contribution is 7.90. The van der Waals surface area contributed by atoms with Crippen LogP contribution in [0.3, 0.4) is 0 Å². The van der Waals surface area contributed by atoms with Crippen LogP contribution in [-0.2, 0) is 25.0 Å². The minimum Gasteiger partial charge on any atom is -0.477 e. The number of nitrogens with one attached hydrogen (secondary N) is 1. The van der Waals surface area contributed by atoms with E-state index in [4.69, 9.17) is 21.1 Å². The van der Waals surface area contributed by atoms with Gasteiger partial charge in [-0.3, -0.25) is 5.32 Å². The first-order valence-electron chi connectivity index (χ1n) is 8.46. The lowest BCUT2D eigenvalue weighted by atomic mass is 9.96.